The number of rotatable bonds is 6. The van der Waals surface area contributed by atoms with E-state index in [-0.39, 0.29) is 12.3 Å². The molecule has 17 heavy (non-hydrogen) atoms. The first-order valence-corrected chi connectivity index (χ1v) is 5.16. The molecule has 0 aliphatic heterocycles. The predicted molar refractivity (Wildman–Crippen MR) is 66.0 cm³/mol. The second-order valence-corrected chi connectivity index (χ2v) is 3.57. The number of nitrogens with zero attached hydrogens (tertiary/aromatic N) is 4. The van der Waals surface area contributed by atoms with Crippen molar-refractivity contribution in [1.29, 1.82) is 0 Å². The summed E-state index contributed by atoms with van der Waals surface area (Å²) < 4.78 is 0. The Bertz CT molecular complexity index is 393. The minimum atomic E-state index is -0.367. The van der Waals surface area contributed by atoms with E-state index in [9.17, 15) is 4.79 Å². The van der Waals surface area contributed by atoms with Crippen LogP contribution >= 0.6 is 0 Å². The number of anilines is 3. The highest BCUT2D eigenvalue weighted by Crippen LogP contribution is 2.10. The molecule has 1 aromatic heterocycles. The number of nitrogens with two attached hydrogens (primary N) is 1. The van der Waals surface area contributed by atoms with E-state index in [1.165, 1.54) is 0 Å². The van der Waals surface area contributed by atoms with Crippen LogP contribution in [0.25, 0.3) is 0 Å². The molecule has 0 bridgehead atoms. The molecule has 0 saturated carbocycles. The molecule has 0 fully saturated rings. The lowest BCUT2D eigenvalue weighted by atomic mass is 10.4. The third-order valence-corrected chi connectivity index (χ3v) is 1.90. The van der Waals surface area contributed by atoms with Gasteiger partial charge >= 0.3 is 0 Å². The van der Waals surface area contributed by atoms with Crippen LogP contribution in [0, 0.1) is 0 Å². The van der Waals surface area contributed by atoms with Gasteiger partial charge in [0.05, 0.1) is 0 Å². The van der Waals surface area contributed by atoms with Crippen molar-refractivity contribution >= 4 is 23.8 Å². The molecule has 4 N–H and O–H groups in total. The Balaban J connectivity index is 2.76. The highest BCUT2D eigenvalue weighted by molar-refractivity contribution is 5.74. The second kappa shape index (κ2) is 5.83. The van der Waals surface area contributed by atoms with Crippen LogP contribution in [0.2, 0.25) is 0 Å². The van der Waals surface area contributed by atoms with E-state index in [1.54, 1.807) is 11.9 Å². The van der Waals surface area contributed by atoms with E-state index >= 15 is 0 Å². The first-order chi connectivity index (χ1) is 8.02. The van der Waals surface area contributed by atoms with Gasteiger partial charge in [-0.15, -0.1) is 0 Å². The minimum Gasteiger partial charge on any atom is -0.370 e. The van der Waals surface area contributed by atoms with Crippen LogP contribution in [-0.4, -0.2) is 48.5 Å². The van der Waals surface area contributed by atoms with Crippen molar-refractivity contribution in [3.05, 3.63) is 0 Å². The number of aromatic nitrogens is 3. The number of hydrogen-bond acceptors (Lipinski definition) is 7. The van der Waals surface area contributed by atoms with E-state index in [2.05, 4.69) is 25.6 Å². The average Bonchev–Trinajstić information content (AvgIpc) is 2.28. The monoisotopic (exact) mass is 239 g/mol. The van der Waals surface area contributed by atoms with Crippen LogP contribution in [0.15, 0.2) is 0 Å². The second-order valence-electron chi connectivity index (χ2n) is 3.57. The van der Waals surface area contributed by atoms with Gasteiger partial charge in [-0.3, -0.25) is 4.79 Å². The normalized spacial score (nSPS) is 9.82. The van der Waals surface area contributed by atoms with Gasteiger partial charge in [0.15, 0.2) is 0 Å². The van der Waals surface area contributed by atoms with E-state index in [0.717, 1.165) is 0 Å². The Morgan fingerprint density at radius 1 is 1.29 bits per heavy atom. The van der Waals surface area contributed by atoms with E-state index in [1.807, 2.05) is 14.1 Å². The summed E-state index contributed by atoms with van der Waals surface area (Å²) in [5.74, 6) is 1.04. The molecule has 1 rings (SSSR count). The van der Waals surface area contributed by atoms with Crippen LogP contribution in [0.3, 0.4) is 0 Å². The first-order valence-electron chi connectivity index (χ1n) is 5.16. The molecule has 0 unspecified atom stereocenters. The highest BCUT2D eigenvalue weighted by Gasteiger charge is 2.06. The van der Waals surface area contributed by atoms with Crippen molar-refractivity contribution in [2.45, 2.75) is 6.42 Å². The number of carbonyl (C=O) groups is 1. The standard InChI is InChI=1S/C9H17N7O/c1-11-7-13-8(12-5-4-6(10)17)15-9(14-7)16(2)3/h4-5H2,1-3H3,(H2,10,17)(H2,11,12,13,14,15). The summed E-state index contributed by atoms with van der Waals surface area (Å²) in [4.78, 5) is 24.8. The number of amides is 1. The van der Waals surface area contributed by atoms with E-state index in [4.69, 9.17) is 5.73 Å². The fraction of sp³-hybridized carbons (Fsp3) is 0.556. The van der Waals surface area contributed by atoms with Crippen LogP contribution in [0.1, 0.15) is 6.42 Å². The smallest absolute Gasteiger partial charge is 0.231 e. The number of primary amides is 1. The molecule has 8 nitrogen and oxygen atoms in total. The lowest BCUT2D eigenvalue weighted by molar-refractivity contribution is -0.117. The number of hydrogen-bond donors (Lipinski definition) is 3. The summed E-state index contributed by atoms with van der Waals surface area (Å²) in [7, 11) is 5.39. The van der Waals surface area contributed by atoms with Crippen LogP contribution in [0.4, 0.5) is 17.8 Å². The van der Waals surface area contributed by atoms with Crippen molar-refractivity contribution in [3.8, 4) is 0 Å². The first kappa shape index (κ1) is 12.9. The number of carbonyl (C=O) groups excluding carboxylic acids is 1. The van der Waals surface area contributed by atoms with Crippen LogP contribution < -0.4 is 21.3 Å². The largest absolute Gasteiger partial charge is 0.370 e. The Labute approximate surface area is 99.6 Å². The Kier molecular flexibility index (Phi) is 4.44. The molecule has 0 radical (unpaired) electrons. The summed E-state index contributed by atoms with van der Waals surface area (Å²) >= 11 is 0. The van der Waals surface area contributed by atoms with Gasteiger partial charge in [0.1, 0.15) is 0 Å². The van der Waals surface area contributed by atoms with Gasteiger partial charge in [0.2, 0.25) is 23.8 Å². The van der Waals surface area contributed by atoms with E-state index in [0.29, 0.717) is 24.4 Å². The molecule has 0 aliphatic rings. The maximum Gasteiger partial charge on any atom is 0.231 e. The van der Waals surface area contributed by atoms with E-state index < -0.39 is 0 Å². The molecule has 8 heteroatoms. The Morgan fingerprint density at radius 2 is 1.94 bits per heavy atom. The summed E-state index contributed by atoms with van der Waals surface area (Å²) in [6.45, 7) is 0.398. The lowest BCUT2D eigenvalue weighted by Crippen LogP contribution is -2.19. The molecule has 0 spiro atoms. The predicted octanol–water partition coefficient (Wildman–Crippen LogP) is -0.733. The molecule has 94 valence electrons. The molecule has 0 atom stereocenters. The topological polar surface area (TPSA) is 109 Å². The van der Waals surface area contributed by atoms with Gasteiger partial charge in [-0.2, -0.15) is 15.0 Å². The molecule has 0 aliphatic carbocycles. The SMILES string of the molecule is CNc1nc(NCCC(N)=O)nc(N(C)C)n1. The maximum absolute atomic E-state index is 10.6. The third-order valence-electron chi connectivity index (χ3n) is 1.90. The molecule has 1 heterocycles. The summed E-state index contributed by atoms with van der Waals surface area (Å²) in [5, 5.41) is 5.76. The molecular weight excluding hydrogens is 222 g/mol. The Morgan fingerprint density at radius 3 is 2.47 bits per heavy atom. The maximum atomic E-state index is 10.6. The lowest BCUT2D eigenvalue weighted by Gasteiger charge is -2.12. The van der Waals surface area contributed by atoms with Gasteiger partial charge in [0, 0.05) is 34.1 Å². The highest BCUT2D eigenvalue weighted by atomic mass is 16.1. The molecular formula is C9H17N7O. The van der Waals surface area contributed by atoms with Crippen molar-refractivity contribution in [2.75, 3.05) is 43.2 Å². The summed E-state index contributed by atoms with van der Waals surface area (Å²) in [6.07, 6.45) is 0.234. The summed E-state index contributed by atoms with van der Waals surface area (Å²) in [6, 6.07) is 0. The van der Waals surface area contributed by atoms with Gasteiger partial charge in [-0.1, -0.05) is 0 Å². The van der Waals surface area contributed by atoms with Crippen molar-refractivity contribution in [1.82, 2.24) is 15.0 Å². The fourth-order valence-electron chi connectivity index (χ4n) is 1.05. The zero-order valence-electron chi connectivity index (χ0n) is 10.2. The Hall–Kier alpha value is -2.12. The molecule has 1 amide bonds. The van der Waals surface area contributed by atoms with Crippen molar-refractivity contribution in [3.63, 3.8) is 0 Å². The average molecular weight is 239 g/mol. The van der Waals surface area contributed by atoms with Crippen LogP contribution in [-0.2, 0) is 4.79 Å². The molecule has 1 aromatic rings. The fourth-order valence-corrected chi connectivity index (χ4v) is 1.05. The van der Waals surface area contributed by atoms with Gasteiger partial charge in [-0.25, -0.2) is 0 Å². The summed E-state index contributed by atoms with van der Waals surface area (Å²) in [5.41, 5.74) is 5.04. The van der Waals surface area contributed by atoms with Gasteiger partial charge < -0.3 is 21.3 Å². The minimum absolute atomic E-state index is 0.234. The third kappa shape index (κ3) is 4.09. The molecule has 0 saturated heterocycles. The van der Waals surface area contributed by atoms with Gasteiger partial charge in [0.25, 0.3) is 0 Å². The van der Waals surface area contributed by atoms with Crippen molar-refractivity contribution < 1.29 is 4.79 Å². The van der Waals surface area contributed by atoms with Gasteiger partial charge in [-0.05, 0) is 0 Å². The van der Waals surface area contributed by atoms with Crippen LogP contribution in [0.5, 0.6) is 0 Å². The number of nitrogens with one attached hydrogen (secondary N) is 2. The van der Waals surface area contributed by atoms with Crippen molar-refractivity contribution in [2.24, 2.45) is 5.73 Å². The zero-order chi connectivity index (χ0) is 12.8. The quantitative estimate of drug-likeness (QED) is 0.600. The molecule has 0 aromatic carbocycles. The zero-order valence-corrected chi connectivity index (χ0v) is 10.2.